The van der Waals surface area contributed by atoms with Gasteiger partial charge in [0, 0.05) is 18.5 Å². The Balaban J connectivity index is 1.89. The van der Waals surface area contributed by atoms with Crippen LogP contribution in [-0.4, -0.2) is 35.0 Å². The molecule has 0 bridgehead atoms. The largest absolute Gasteiger partial charge is 0.412 e. The van der Waals surface area contributed by atoms with Crippen LogP contribution < -0.4 is 10.1 Å². The van der Waals surface area contributed by atoms with Gasteiger partial charge in [0.1, 0.15) is 5.75 Å². The van der Waals surface area contributed by atoms with Crippen LogP contribution in [0, 0.1) is 0 Å². The Morgan fingerprint density at radius 3 is 2.50 bits per heavy atom. The third-order valence-electron chi connectivity index (χ3n) is 3.21. The number of hydrogen-bond donors (Lipinski definition) is 1. The summed E-state index contributed by atoms with van der Waals surface area (Å²) in [5.74, 6) is 0.546. The quantitative estimate of drug-likeness (QED) is 0.900. The standard InChI is InChI=1S/C15H20N2O3/c1-15(2,3)17-10-11(9-13(17)18)16-14(19)20-12-7-5-4-6-8-12/h4-8,11H,9-10H2,1-3H3,(H,16,19). The Labute approximate surface area is 118 Å². The van der Waals surface area contributed by atoms with Crippen LogP contribution in [0.3, 0.4) is 0 Å². The SMILES string of the molecule is CC(C)(C)N1CC(NC(=O)Oc2ccccc2)CC1=O. The van der Waals surface area contributed by atoms with Crippen molar-refractivity contribution < 1.29 is 14.3 Å². The summed E-state index contributed by atoms with van der Waals surface area (Å²) in [5, 5.41) is 2.74. The van der Waals surface area contributed by atoms with E-state index >= 15 is 0 Å². The molecule has 1 fully saturated rings. The van der Waals surface area contributed by atoms with E-state index in [2.05, 4.69) is 5.32 Å². The van der Waals surface area contributed by atoms with E-state index in [-0.39, 0.29) is 17.5 Å². The number of hydrogen-bond acceptors (Lipinski definition) is 3. The first-order chi connectivity index (χ1) is 9.36. The molecular formula is C15H20N2O3. The van der Waals surface area contributed by atoms with E-state index in [0.29, 0.717) is 18.7 Å². The Kier molecular flexibility index (Phi) is 3.97. The Hall–Kier alpha value is -2.04. The number of nitrogens with zero attached hydrogens (tertiary/aromatic N) is 1. The van der Waals surface area contributed by atoms with E-state index in [4.69, 9.17) is 4.74 Å². The van der Waals surface area contributed by atoms with Gasteiger partial charge in [-0.1, -0.05) is 18.2 Å². The second-order valence-corrected chi connectivity index (χ2v) is 5.92. The molecule has 20 heavy (non-hydrogen) atoms. The average molecular weight is 276 g/mol. The lowest BCUT2D eigenvalue weighted by atomic mass is 10.1. The summed E-state index contributed by atoms with van der Waals surface area (Å²) in [6.45, 7) is 6.47. The first-order valence-electron chi connectivity index (χ1n) is 6.70. The van der Waals surface area contributed by atoms with Crippen molar-refractivity contribution in [2.45, 2.75) is 38.8 Å². The minimum atomic E-state index is -0.523. The smallest absolute Gasteiger partial charge is 0.410 e. The van der Waals surface area contributed by atoms with Crippen molar-refractivity contribution in [3.63, 3.8) is 0 Å². The van der Waals surface area contributed by atoms with Gasteiger partial charge in [-0.3, -0.25) is 4.79 Å². The molecule has 0 spiro atoms. The molecular weight excluding hydrogens is 256 g/mol. The van der Waals surface area contributed by atoms with Gasteiger partial charge in [-0.05, 0) is 32.9 Å². The van der Waals surface area contributed by atoms with Gasteiger partial charge < -0.3 is 15.0 Å². The molecule has 108 valence electrons. The third kappa shape index (κ3) is 3.50. The van der Waals surface area contributed by atoms with E-state index in [1.807, 2.05) is 26.8 Å². The molecule has 1 unspecified atom stereocenters. The fourth-order valence-electron chi connectivity index (χ4n) is 2.24. The zero-order chi connectivity index (χ0) is 14.8. The predicted molar refractivity (Wildman–Crippen MR) is 75.5 cm³/mol. The lowest BCUT2D eigenvalue weighted by Crippen LogP contribution is -2.45. The van der Waals surface area contributed by atoms with E-state index in [9.17, 15) is 9.59 Å². The zero-order valence-corrected chi connectivity index (χ0v) is 12.1. The topological polar surface area (TPSA) is 58.6 Å². The van der Waals surface area contributed by atoms with Gasteiger partial charge in [-0.15, -0.1) is 0 Å². The van der Waals surface area contributed by atoms with Gasteiger partial charge in [-0.2, -0.15) is 0 Å². The van der Waals surface area contributed by atoms with Crippen molar-refractivity contribution in [2.75, 3.05) is 6.54 Å². The molecule has 1 atom stereocenters. The summed E-state index contributed by atoms with van der Waals surface area (Å²) in [4.78, 5) is 25.5. The van der Waals surface area contributed by atoms with Crippen molar-refractivity contribution in [3.8, 4) is 5.75 Å². The highest BCUT2D eigenvalue weighted by atomic mass is 16.6. The summed E-state index contributed by atoms with van der Waals surface area (Å²) < 4.78 is 5.15. The first-order valence-corrected chi connectivity index (χ1v) is 6.70. The summed E-state index contributed by atoms with van der Waals surface area (Å²) in [7, 11) is 0. The third-order valence-corrected chi connectivity index (χ3v) is 3.21. The zero-order valence-electron chi connectivity index (χ0n) is 12.1. The second kappa shape index (κ2) is 5.53. The van der Waals surface area contributed by atoms with E-state index in [1.165, 1.54) is 0 Å². The monoisotopic (exact) mass is 276 g/mol. The van der Waals surface area contributed by atoms with Gasteiger partial charge >= 0.3 is 6.09 Å². The molecule has 2 amide bonds. The van der Waals surface area contributed by atoms with Crippen molar-refractivity contribution in [3.05, 3.63) is 30.3 Å². The maximum absolute atomic E-state index is 11.9. The summed E-state index contributed by atoms with van der Waals surface area (Å²) in [5.41, 5.74) is -0.225. The number of benzene rings is 1. The lowest BCUT2D eigenvalue weighted by Gasteiger charge is -2.32. The molecule has 1 aliphatic rings. The first kappa shape index (κ1) is 14.4. The van der Waals surface area contributed by atoms with Gasteiger partial charge in [0.2, 0.25) is 5.91 Å². The van der Waals surface area contributed by atoms with Gasteiger partial charge in [0.25, 0.3) is 0 Å². The number of carbonyl (C=O) groups is 2. The van der Waals surface area contributed by atoms with Crippen LogP contribution in [0.1, 0.15) is 27.2 Å². The Morgan fingerprint density at radius 2 is 1.95 bits per heavy atom. The van der Waals surface area contributed by atoms with Crippen LogP contribution in [-0.2, 0) is 4.79 Å². The number of likely N-dealkylation sites (tertiary alicyclic amines) is 1. The van der Waals surface area contributed by atoms with E-state index in [1.54, 1.807) is 29.2 Å². The molecule has 0 aromatic heterocycles. The van der Waals surface area contributed by atoms with Crippen LogP contribution in [0.2, 0.25) is 0 Å². The molecule has 0 radical (unpaired) electrons. The van der Waals surface area contributed by atoms with E-state index < -0.39 is 6.09 Å². The van der Waals surface area contributed by atoms with Crippen LogP contribution in [0.15, 0.2) is 30.3 Å². The predicted octanol–water partition coefficient (Wildman–Crippen LogP) is 2.17. The Bertz CT molecular complexity index is 494. The number of carbonyl (C=O) groups excluding carboxylic acids is 2. The summed E-state index contributed by atoms with van der Waals surface area (Å²) in [6.07, 6.45) is -0.203. The van der Waals surface area contributed by atoms with Gasteiger partial charge in [0.05, 0.1) is 6.04 Å². The maximum atomic E-state index is 11.9. The van der Waals surface area contributed by atoms with Crippen LogP contribution >= 0.6 is 0 Å². The second-order valence-electron chi connectivity index (χ2n) is 5.92. The summed E-state index contributed by atoms with van der Waals surface area (Å²) in [6, 6.07) is 8.66. The highest BCUT2D eigenvalue weighted by Gasteiger charge is 2.36. The lowest BCUT2D eigenvalue weighted by molar-refractivity contribution is -0.131. The molecule has 0 saturated carbocycles. The van der Waals surface area contributed by atoms with Crippen molar-refractivity contribution >= 4 is 12.0 Å². The van der Waals surface area contributed by atoms with Crippen LogP contribution in [0.25, 0.3) is 0 Å². The van der Waals surface area contributed by atoms with Gasteiger partial charge in [0.15, 0.2) is 0 Å². The molecule has 0 aliphatic carbocycles. The maximum Gasteiger partial charge on any atom is 0.412 e. The van der Waals surface area contributed by atoms with Gasteiger partial charge in [-0.25, -0.2) is 4.79 Å². The minimum absolute atomic E-state index is 0.0579. The van der Waals surface area contributed by atoms with Crippen molar-refractivity contribution in [1.82, 2.24) is 10.2 Å². The fourth-order valence-corrected chi connectivity index (χ4v) is 2.24. The number of para-hydroxylation sites is 1. The fraction of sp³-hybridized carbons (Fsp3) is 0.467. The number of rotatable bonds is 2. The average Bonchev–Trinajstić information content (AvgIpc) is 2.71. The molecule has 2 rings (SSSR count). The molecule has 5 nitrogen and oxygen atoms in total. The summed E-state index contributed by atoms with van der Waals surface area (Å²) >= 11 is 0. The molecule has 1 aromatic carbocycles. The highest BCUT2D eigenvalue weighted by Crippen LogP contribution is 2.22. The molecule has 1 heterocycles. The van der Waals surface area contributed by atoms with Crippen LogP contribution in [0.5, 0.6) is 5.75 Å². The molecule has 1 N–H and O–H groups in total. The van der Waals surface area contributed by atoms with Crippen molar-refractivity contribution in [1.29, 1.82) is 0 Å². The minimum Gasteiger partial charge on any atom is -0.410 e. The number of ether oxygens (including phenoxy) is 1. The Morgan fingerprint density at radius 1 is 1.30 bits per heavy atom. The van der Waals surface area contributed by atoms with Crippen LogP contribution in [0.4, 0.5) is 4.79 Å². The number of nitrogens with one attached hydrogen (secondary N) is 1. The molecule has 1 aliphatic heterocycles. The molecule has 1 saturated heterocycles. The van der Waals surface area contributed by atoms with Crippen molar-refractivity contribution in [2.24, 2.45) is 0 Å². The highest BCUT2D eigenvalue weighted by molar-refractivity contribution is 5.81. The number of amides is 2. The van der Waals surface area contributed by atoms with E-state index in [0.717, 1.165) is 0 Å². The molecule has 5 heteroatoms. The molecule has 1 aromatic rings. The normalized spacial score (nSPS) is 19.1.